The molecule has 196 valence electrons. The number of piperidine rings is 1. The van der Waals surface area contributed by atoms with Gasteiger partial charge in [0, 0.05) is 24.9 Å². The van der Waals surface area contributed by atoms with Gasteiger partial charge in [-0.2, -0.15) is 0 Å². The SMILES string of the molecule is CNCCC(Oc1ccc(C(=O)CCC2CCN(Cc3ccccc3)CC2)cc1)c1ccc(OC)cc1. The largest absolute Gasteiger partial charge is 0.497 e. The quantitative estimate of drug-likeness (QED) is 0.279. The number of carbonyl (C=O) groups is 1. The van der Waals surface area contributed by atoms with E-state index in [0.29, 0.717) is 12.3 Å². The molecule has 1 N–H and O–H groups in total. The monoisotopic (exact) mass is 500 g/mol. The number of rotatable bonds is 13. The molecule has 3 aromatic carbocycles. The molecular weight excluding hydrogens is 460 g/mol. The Kier molecular flexibility index (Phi) is 10.2. The Morgan fingerprint density at radius 1 is 0.946 bits per heavy atom. The van der Waals surface area contributed by atoms with Crippen LogP contribution < -0.4 is 14.8 Å². The summed E-state index contributed by atoms with van der Waals surface area (Å²) in [5.74, 6) is 2.46. The molecule has 4 rings (SSSR count). The molecule has 37 heavy (non-hydrogen) atoms. The second kappa shape index (κ2) is 14.0. The van der Waals surface area contributed by atoms with Crippen LogP contribution in [0.15, 0.2) is 78.9 Å². The van der Waals surface area contributed by atoms with E-state index in [-0.39, 0.29) is 11.9 Å². The topological polar surface area (TPSA) is 50.8 Å². The second-order valence-corrected chi connectivity index (χ2v) is 9.96. The zero-order valence-electron chi connectivity index (χ0n) is 22.2. The fraction of sp³-hybridized carbons (Fsp3) is 0.406. The highest BCUT2D eigenvalue weighted by Gasteiger charge is 2.20. The third-order valence-electron chi connectivity index (χ3n) is 7.33. The highest BCUT2D eigenvalue weighted by Crippen LogP contribution is 2.28. The lowest BCUT2D eigenvalue weighted by Crippen LogP contribution is -2.33. The average Bonchev–Trinajstić information content (AvgIpc) is 2.95. The minimum atomic E-state index is -0.0762. The van der Waals surface area contributed by atoms with Crippen LogP contribution in [-0.4, -0.2) is 44.5 Å². The highest BCUT2D eigenvalue weighted by atomic mass is 16.5. The Labute approximate surface area is 221 Å². The lowest BCUT2D eigenvalue weighted by Gasteiger charge is -2.32. The Bertz CT molecular complexity index is 1080. The van der Waals surface area contributed by atoms with Crippen LogP contribution in [0.3, 0.4) is 0 Å². The van der Waals surface area contributed by atoms with Crippen molar-refractivity contribution in [3.63, 3.8) is 0 Å². The number of benzene rings is 3. The van der Waals surface area contributed by atoms with Gasteiger partial charge in [-0.3, -0.25) is 9.69 Å². The second-order valence-electron chi connectivity index (χ2n) is 9.96. The lowest BCUT2D eigenvalue weighted by molar-refractivity contribution is 0.0961. The molecule has 1 heterocycles. The minimum absolute atomic E-state index is 0.0762. The summed E-state index contributed by atoms with van der Waals surface area (Å²) in [6.45, 7) is 4.10. The predicted molar refractivity (Wildman–Crippen MR) is 149 cm³/mol. The van der Waals surface area contributed by atoms with Crippen molar-refractivity contribution in [2.75, 3.05) is 33.8 Å². The number of ether oxygens (including phenoxy) is 2. The van der Waals surface area contributed by atoms with Gasteiger partial charge in [0.25, 0.3) is 0 Å². The number of hydrogen-bond acceptors (Lipinski definition) is 5. The van der Waals surface area contributed by atoms with E-state index in [4.69, 9.17) is 9.47 Å². The molecule has 0 aromatic heterocycles. The van der Waals surface area contributed by atoms with E-state index < -0.39 is 0 Å². The maximum Gasteiger partial charge on any atom is 0.162 e. The molecule has 1 atom stereocenters. The summed E-state index contributed by atoms with van der Waals surface area (Å²) < 4.78 is 11.6. The summed E-state index contributed by atoms with van der Waals surface area (Å²) in [6.07, 6.45) is 4.69. The van der Waals surface area contributed by atoms with E-state index >= 15 is 0 Å². The Hall–Kier alpha value is -3.15. The Balaban J connectivity index is 1.24. The van der Waals surface area contributed by atoms with Gasteiger partial charge in [0.1, 0.15) is 17.6 Å². The molecule has 0 amide bonds. The number of likely N-dealkylation sites (tertiary alicyclic amines) is 1. The first-order valence-electron chi connectivity index (χ1n) is 13.5. The average molecular weight is 501 g/mol. The Morgan fingerprint density at radius 3 is 2.27 bits per heavy atom. The molecule has 0 bridgehead atoms. The zero-order chi connectivity index (χ0) is 25.9. The van der Waals surface area contributed by atoms with Gasteiger partial charge in [-0.05, 0) is 99.4 Å². The summed E-state index contributed by atoms with van der Waals surface area (Å²) in [4.78, 5) is 15.4. The van der Waals surface area contributed by atoms with Gasteiger partial charge in [0.05, 0.1) is 7.11 Å². The van der Waals surface area contributed by atoms with Crippen LogP contribution in [0.4, 0.5) is 0 Å². The third kappa shape index (κ3) is 8.17. The molecule has 3 aromatic rings. The number of Topliss-reactive ketones (excluding diaryl/α,β-unsaturated/α-hetero) is 1. The van der Waals surface area contributed by atoms with E-state index in [1.807, 2.05) is 55.6 Å². The maximum absolute atomic E-state index is 12.9. The van der Waals surface area contributed by atoms with Crippen molar-refractivity contribution in [1.29, 1.82) is 0 Å². The fourth-order valence-electron chi connectivity index (χ4n) is 5.03. The first kappa shape index (κ1) is 26.9. The smallest absolute Gasteiger partial charge is 0.162 e. The van der Waals surface area contributed by atoms with Gasteiger partial charge in [-0.15, -0.1) is 0 Å². The van der Waals surface area contributed by atoms with Crippen molar-refractivity contribution >= 4 is 5.78 Å². The molecule has 5 heteroatoms. The van der Waals surface area contributed by atoms with Crippen molar-refractivity contribution in [3.8, 4) is 11.5 Å². The number of hydrogen-bond donors (Lipinski definition) is 1. The summed E-state index contributed by atoms with van der Waals surface area (Å²) >= 11 is 0. The molecule has 0 aliphatic carbocycles. The van der Waals surface area contributed by atoms with Crippen LogP contribution >= 0.6 is 0 Å². The molecule has 1 aliphatic rings. The van der Waals surface area contributed by atoms with Crippen LogP contribution in [0.2, 0.25) is 0 Å². The van der Waals surface area contributed by atoms with Gasteiger partial charge < -0.3 is 14.8 Å². The van der Waals surface area contributed by atoms with E-state index in [1.54, 1.807) is 7.11 Å². The summed E-state index contributed by atoms with van der Waals surface area (Å²) in [7, 11) is 3.61. The molecular formula is C32H40N2O3. The van der Waals surface area contributed by atoms with Crippen molar-refractivity contribution in [2.24, 2.45) is 5.92 Å². The third-order valence-corrected chi connectivity index (χ3v) is 7.33. The van der Waals surface area contributed by atoms with E-state index in [1.165, 1.54) is 18.4 Å². The minimum Gasteiger partial charge on any atom is -0.497 e. The maximum atomic E-state index is 12.9. The molecule has 0 spiro atoms. The molecule has 1 fully saturated rings. The predicted octanol–water partition coefficient (Wildman–Crippen LogP) is 6.30. The standard InChI is InChI=1S/C32H40N2O3/c1-33-21-18-32(28-11-13-29(36-2)14-12-28)37-30-15-9-27(10-16-30)31(35)17-8-25-19-22-34(23-20-25)24-26-6-4-3-5-7-26/h3-7,9-16,25,32-33H,8,17-24H2,1-2H3. The summed E-state index contributed by atoms with van der Waals surface area (Å²) in [5, 5.41) is 3.20. The zero-order valence-corrected chi connectivity index (χ0v) is 22.2. The summed E-state index contributed by atoms with van der Waals surface area (Å²) in [5.41, 5.74) is 3.25. The van der Waals surface area contributed by atoms with E-state index in [2.05, 4.69) is 40.5 Å². The van der Waals surface area contributed by atoms with E-state index in [9.17, 15) is 4.79 Å². The van der Waals surface area contributed by atoms with Gasteiger partial charge in [-0.25, -0.2) is 0 Å². The number of nitrogens with zero attached hydrogens (tertiary/aromatic N) is 1. The number of methoxy groups -OCH3 is 1. The van der Waals surface area contributed by atoms with Gasteiger partial charge in [0.15, 0.2) is 5.78 Å². The number of nitrogens with one attached hydrogen (secondary N) is 1. The van der Waals surface area contributed by atoms with Crippen molar-refractivity contribution in [1.82, 2.24) is 10.2 Å². The number of ketones is 1. The fourth-order valence-corrected chi connectivity index (χ4v) is 5.03. The van der Waals surface area contributed by atoms with Crippen molar-refractivity contribution in [3.05, 3.63) is 95.6 Å². The van der Waals surface area contributed by atoms with Crippen LogP contribution in [0, 0.1) is 5.92 Å². The highest BCUT2D eigenvalue weighted by molar-refractivity contribution is 5.96. The van der Waals surface area contributed by atoms with E-state index in [0.717, 1.165) is 61.6 Å². The summed E-state index contributed by atoms with van der Waals surface area (Å²) in [6, 6.07) is 26.3. The molecule has 1 aliphatic heterocycles. The van der Waals surface area contributed by atoms with Crippen molar-refractivity contribution < 1.29 is 14.3 Å². The first-order chi connectivity index (χ1) is 18.1. The normalized spacial score (nSPS) is 15.3. The van der Waals surface area contributed by atoms with Crippen LogP contribution in [0.5, 0.6) is 11.5 Å². The molecule has 0 saturated carbocycles. The number of carbonyl (C=O) groups excluding carboxylic acids is 1. The van der Waals surface area contributed by atoms with Crippen LogP contribution in [-0.2, 0) is 6.54 Å². The molecule has 1 unspecified atom stereocenters. The van der Waals surface area contributed by atoms with Gasteiger partial charge in [0.2, 0.25) is 0 Å². The van der Waals surface area contributed by atoms with Gasteiger partial charge in [-0.1, -0.05) is 42.5 Å². The van der Waals surface area contributed by atoms with Crippen LogP contribution in [0.25, 0.3) is 0 Å². The lowest BCUT2D eigenvalue weighted by atomic mass is 9.90. The Morgan fingerprint density at radius 2 is 1.62 bits per heavy atom. The molecule has 5 nitrogen and oxygen atoms in total. The van der Waals surface area contributed by atoms with Crippen molar-refractivity contribution in [2.45, 2.75) is 44.8 Å². The first-order valence-corrected chi connectivity index (χ1v) is 13.5. The van der Waals surface area contributed by atoms with Crippen LogP contribution in [0.1, 0.15) is 59.7 Å². The molecule has 1 saturated heterocycles. The van der Waals surface area contributed by atoms with Gasteiger partial charge >= 0.3 is 0 Å². The molecule has 0 radical (unpaired) electrons.